The summed E-state index contributed by atoms with van der Waals surface area (Å²) < 4.78 is 8.58. The zero-order valence-corrected chi connectivity index (χ0v) is 22.3. The van der Waals surface area contributed by atoms with Gasteiger partial charge < -0.3 is 9.30 Å². The van der Waals surface area contributed by atoms with Crippen LogP contribution in [0.5, 0.6) is 5.75 Å². The van der Waals surface area contributed by atoms with Crippen LogP contribution in [0.1, 0.15) is 24.9 Å². The van der Waals surface area contributed by atoms with Gasteiger partial charge in [-0.3, -0.25) is 9.59 Å². The fourth-order valence-electron chi connectivity index (χ4n) is 4.51. The number of hydrogen-bond acceptors (Lipinski definition) is 7. The molecule has 0 saturated carbocycles. The number of pyridine rings is 1. The fourth-order valence-corrected chi connectivity index (χ4v) is 4.80. The van der Waals surface area contributed by atoms with Crippen molar-refractivity contribution < 1.29 is 9.53 Å². The number of ketones is 1. The van der Waals surface area contributed by atoms with Crippen LogP contribution in [-0.4, -0.2) is 47.4 Å². The first-order chi connectivity index (χ1) is 18.3. The molecule has 0 aliphatic rings. The molecule has 3 aromatic heterocycles. The molecule has 0 amide bonds. The molecule has 1 atom stereocenters. The third kappa shape index (κ3) is 4.92. The van der Waals surface area contributed by atoms with Crippen molar-refractivity contribution in [1.29, 1.82) is 0 Å². The normalized spacial score (nSPS) is 12.1. The predicted molar refractivity (Wildman–Crippen MR) is 144 cm³/mol. The lowest BCUT2D eigenvalue weighted by molar-refractivity contribution is -0.121. The van der Waals surface area contributed by atoms with E-state index >= 15 is 0 Å². The lowest BCUT2D eigenvalue weighted by atomic mass is 10.00. The summed E-state index contributed by atoms with van der Waals surface area (Å²) in [4.78, 5) is 28.3. The van der Waals surface area contributed by atoms with Gasteiger partial charge in [-0.2, -0.15) is 15.0 Å². The van der Waals surface area contributed by atoms with Crippen molar-refractivity contribution in [1.82, 2.24) is 34.6 Å². The summed E-state index contributed by atoms with van der Waals surface area (Å²) in [6, 6.07) is 11.4. The molecule has 5 aromatic rings. The highest BCUT2D eigenvalue weighted by atomic mass is 35.5. The summed E-state index contributed by atoms with van der Waals surface area (Å²) in [6.45, 7) is 1.87. The summed E-state index contributed by atoms with van der Waals surface area (Å²) in [5.41, 5.74) is 3.60. The van der Waals surface area contributed by atoms with Crippen LogP contribution in [0.2, 0.25) is 10.2 Å². The van der Waals surface area contributed by atoms with E-state index in [1.54, 1.807) is 37.6 Å². The Morgan fingerprint density at radius 2 is 1.82 bits per heavy atom. The van der Waals surface area contributed by atoms with Crippen LogP contribution < -0.4 is 10.3 Å². The van der Waals surface area contributed by atoms with E-state index in [1.807, 2.05) is 25.1 Å². The highest BCUT2D eigenvalue weighted by Gasteiger charge is 2.23. The van der Waals surface area contributed by atoms with Gasteiger partial charge in [0.25, 0.3) is 5.56 Å². The standard InChI is InChI=1S/C26H23Cl2N7O3/c1-4-21(23(36)10-15-5-7-19-20(9-15)31-33(2)30-19)34-13-24(38-3)18(12-26(34)37)17-11-16(27)6-8-22(17)35-14-25(28)29-32-35/h5-9,11-14,21H,4,10H2,1-3H3. The van der Waals surface area contributed by atoms with Crippen LogP contribution in [-0.2, 0) is 18.3 Å². The van der Waals surface area contributed by atoms with Crippen molar-refractivity contribution in [3.63, 3.8) is 0 Å². The average molecular weight is 552 g/mol. The zero-order chi connectivity index (χ0) is 27.0. The number of halogens is 2. The number of fused-ring (bicyclic) bond motifs is 1. The molecule has 0 aliphatic heterocycles. The number of Topliss-reactive ketones (excluding diaryl/α,β-unsaturated/α-hetero) is 1. The Bertz CT molecular complexity index is 1720. The first-order valence-corrected chi connectivity index (χ1v) is 12.5. The Hall–Kier alpha value is -4.02. The van der Waals surface area contributed by atoms with Gasteiger partial charge >= 0.3 is 0 Å². The zero-order valence-electron chi connectivity index (χ0n) is 20.8. The number of benzene rings is 2. The first kappa shape index (κ1) is 25.6. The molecule has 0 bridgehead atoms. The van der Waals surface area contributed by atoms with E-state index in [4.69, 9.17) is 27.9 Å². The number of ether oxygens (including phenoxy) is 1. The van der Waals surface area contributed by atoms with Crippen molar-refractivity contribution in [2.45, 2.75) is 25.8 Å². The minimum atomic E-state index is -0.684. The number of aromatic nitrogens is 7. The van der Waals surface area contributed by atoms with Gasteiger partial charge in [0.1, 0.15) is 16.8 Å². The van der Waals surface area contributed by atoms with Crippen molar-refractivity contribution in [2.24, 2.45) is 7.05 Å². The van der Waals surface area contributed by atoms with Crippen LogP contribution in [0.3, 0.4) is 0 Å². The second kappa shape index (κ2) is 10.4. The van der Waals surface area contributed by atoms with Gasteiger partial charge in [-0.25, -0.2) is 4.68 Å². The third-order valence-corrected chi connectivity index (χ3v) is 6.65. The number of hydrogen-bond donors (Lipinski definition) is 0. The molecule has 12 heteroatoms. The van der Waals surface area contributed by atoms with Crippen LogP contribution >= 0.6 is 23.2 Å². The summed E-state index contributed by atoms with van der Waals surface area (Å²) in [5.74, 6) is 0.292. The molecule has 1 unspecified atom stereocenters. The van der Waals surface area contributed by atoms with Gasteiger partial charge in [0, 0.05) is 35.7 Å². The highest BCUT2D eigenvalue weighted by molar-refractivity contribution is 6.31. The van der Waals surface area contributed by atoms with E-state index in [-0.39, 0.29) is 22.9 Å². The number of carbonyl (C=O) groups excluding carboxylic acids is 1. The summed E-state index contributed by atoms with van der Waals surface area (Å²) in [6.07, 6.45) is 3.68. The van der Waals surface area contributed by atoms with Gasteiger partial charge in [-0.15, -0.1) is 5.10 Å². The maximum absolute atomic E-state index is 13.4. The monoisotopic (exact) mass is 551 g/mol. The van der Waals surface area contributed by atoms with E-state index in [0.29, 0.717) is 39.5 Å². The lowest BCUT2D eigenvalue weighted by Gasteiger charge is -2.20. The Morgan fingerprint density at radius 1 is 1.03 bits per heavy atom. The number of nitrogens with zero attached hydrogens (tertiary/aromatic N) is 7. The van der Waals surface area contributed by atoms with Crippen LogP contribution in [0.4, 0.5) is 0 Å². The second-order valence-electron chi connectivity index (χ2n) is 8.73. The Morgan fingerprint density at radius 3 is 2.53 bits per heavy atom. The minimum absolute atomic E-state index is 0.103. The lowest BCUT2D eigenvalue weighted by Crippen LogP contribution is -2.30. The number of aryl methyl sites for hydroxylation is 1. The molecule has 0 aliphatic carbocycles. The van der Waals surface area contributed by atoms with E-state index in [0.717, 1.165) is 11.1 Å². The van der Waals surface area contributed by atoms with Crippen molar-refractivity contribution in [3.05, 3.63) is 81.0 Å². The van der Waals surface area contributed by atoms with Gasteiger partial charge in [0.15, 0.2) is 10.9 Å². The van der Waals surface area contributed by atoms with Crippen molar-refractivity contribution in [3.8, 4) is 22.6 Å². The van der Waals surface area contributed by atoms with Gasteiger partial charge in [-0.05, 0) is 42.3 Å². The number of methoxy groups -OCH3 is 1. The Kier molecular flexibility index (Phi) is 7.00. The molecule has 194 valence electrons. The molecule has 0 N–H and O–H groups in total. The predicted octanol–water partition coefficient (Wildman–Crippen LogP) is 4.46. The summed E-state index contributed by atoms with van der Waals surface area (Å²) in [7, 11) is 3.25. The van der Waals surface area contributed by atoms with E-state index in [1.165, 1.54) is 27.2 Å². The average Bonchev–Trinajstić information content (AvgIpc) is 3.49. The van der Waals surface area contributed by atoms with E-state index < -0.39 is 6.04 Å². The molecular weight excluding hydrogens is 529 g/mol. The quantitative estimate of drug-likeness (QED) is 0.280. The molecule has 2 aromatic carbocycles. The fraction of sp³-hybridized carbons (Fsp3) is 0.231. The molecule has 38 heavy (non-hydrogen) atoms. The smallest absolute Gasteiger partial charge is 0.252 e. The van der Waals surface area contributed by atoms with Gasteiger partial charge in [0.2, 0.25) is 0 Å². The molecule has 0 saturated heterocycles. The minimum Gasteiger partial charge on any atom is -0.495 e. The SMILES string of the molecule is CCC(C(=O)Cc1ccc2nn(C)nc2c1)n1cc(OC)c(-c2cc(Cl)ccc2-n2cc(Cl)nn2)cc1=O. The number of carbonyl (C=O) groups is 1. The second-order valence-corrected chi connectivity index (χ2v) is 9.55. The van der Waals surface area contributed by atoms with Gasteiger partial charge in [0.05, 0.1) is 31.2 Å². The van der Waals surface area contributed by atoms with Crippen molar-refractivity contribution in [2.75, 3.05) is 7.11 Å². The van der Waals surface area contributed by atoms with Crippen molar-refractivity contribution >= 4 is 40.0 Å². The highest BCUT2D eigenvalue weighted by Crippen LogP contribution is 2.35. The maximum Gasteiger partial charge on any atom is 0.252 e. The topological polar surface area (TPSA) is 110 Å². The molecule has 0 fully saturated rings. The largest absolute Gasteiger partial charge is 0.495 e. The summed E-state index contributed by atoms with van der Waals surface area (Å²) >= 11 is 12.3. The first-order valence-electron chi connectivity index (χ1n) is 11.8. The Labute approximate surface area is 227 Å². The van der Waals surface area contributed by atoms with Gasteiger partial charge in [-0.1, -0.05) is 41.4 Å². The van der Waals surface area contributed by atoms with E-state index in [9.17, 15) is 9.59 Å². The summed E-state index contributed by atoms with van der Waals surface area (Å²) in [5, 5.41) is 17.1. The molecule has 3 heterocycles. The molecular formula is C26H23Cl2N7O3. The van der Waals surface area contributed by atoms with Crippen LogP contribution in [0, 0.1) is 0 Å². The van der Waals surface area contributed by atoms with Crippen LogP contribution in [0.25, 0.3) is 27.8 Å². The number of rotatable bonds is 8. The maximum atomic E-state index is 13.4. The molecule has 5 rings (SSSR count). The third-order valence-electron chi connectivity index (χ3n) is 6.24. The van der Waals surface area contributed by atoms with Crippen LogP contribution in [0.15, 0.2) is 59.7 Å². The Balaban J connectivity index is 1.52. The molecule has 10 nitrogen and oxygen atoms in total. The molecule has 0 radical (unpaired) electrons. The van der Waals surface area contributed by atoms with E-state index in [2.05, 4.69) is 20.5 Å². The molecule has 0 spiro atoms.